The number of allylic oxidation sites excluding steroid dienone is 1. The molecular weight excluding hydrogens is 344 g/mol. The van der Waals surface area contributed by atoms with Crippen molar-refractivity contribution in [3.05, 3.63) is 11.6 Å². The molecular formula is C26H46O2. The highest BCUT2D eigenvalue weighted by Gasteiger charge is 2.17. The van der Waals surface area contributed by atoms with Crippen molar-refractivity contribution in [3.63, 3.8) is 0 Å². The maximum absolute atomic E-state index is 12.7. The van der Waals surface area contributed by atoms with Gasteiger partial charge in [0.15, 0.2) is 0 Å². The van der Waals surface area contributed by atoms with E-state index in [1.807, 2.05) is 6.92 Å². The van der Waals surface area contributed by atoms with Crippen LogP contribution in [0.2, 0.25) is 0 Å². The van der Waals surface area contributed by atoms with Crippen LogP contribution in [-0.2, 0) is 9.53 Å². The van der Waals surface area contributed by atoms with Crippen LogP contribution >= 0.6 is 0 Å². The van der Waals surface area contributed by atoms with Gasteiger partial charge in [0.2, 0.25) is 0 Å². The Labute approximate surface area is 174 Å². The van der Waals surface area contributed by atoms with Crippen molar-refractivity contribution in [2.45, 2.75) is 141 Å². The van der Waals surface area contributed by atoms with Crippen LogP contribution in [0, 0.1) is 5.92 Å². The summed E-state index contributed by atoms with van der Waals surface area (Å²) in [6.45, 7) is 1.98. The lowest BCUT2D eigenvalue weighted by molar-refractivity contribution is -0.145. The highest BCUT2D eigenvalue weighted by Crippen LogP contribution is 2.24. The molecule has 2 aliphatic carbocycles. The van der Waals surface area contributed by atoms with Gasteiger partial charge in [0.1, 0.15) is 6.10 Å². The predicted molar refractivity (Wildman–Crippen MR) is 119 cm³/mol. The number of carbonyl (C=O) groups is 1. The molecule has 0 atom stereocenters. The van der Waals surface area contributed by atoms with Crippen LogP contribution in [0.3, 0.4) is 0 Å². The average Bonchev–Trinajstić information content (AvgIpc) is 2.79. The van der Waals surface area contributed by atoms with E-state index in [9.17, 15) is 4.79 Å². The van der Waals surface area contributed by atoms with Crippen molar-refractivity contribution in [3.8, 4) is 0 Å². The van der Waals surface area contributed by atoms with Gasteiger partial charge in [-0.3, -0.25) is 0 Å². The van der Waals surface area contributed by atoms with Crippen molar-refractivity contribution >= 4 is 5.97 Å². The number of esters is 1. The van der Waals surface area contributed by atoms with Crippen molar-refractivity contribution < 1.29 is 9.53 Å². The van der Waals surface area contributed by atoms with Gasteiger partial charge in [0.05, 0.1) is 0 Å². The van der Waals surface area contributed by atoms with E-state index in [1.165, 1.54) is 116 Å². The van der Waals surface area contributed by atoms with Crippen molar-refractivity contribution in [1.29, 1.82) is 0 Å². The summed E-state index contributed by atoms with van der Waals surface area (Å²) in [7, 11) is 0. The van der Waals surface area contributed by atoms with Crippen LogP contribution in [0.4, 0.5) is 0 Å². The Balaban J connectivity index is 1.84. The first-order chi connectivity index (χ1) is 13.8. The Bertz CT molecular complexity index is 416. The maximum Gasteiger partial charge on any atom is 0.333 e. The molecule has 2 nitrogen and oxygen atoms in total. The van der Waals surface area contributed by atoms with E-state index in [-0.39, 0.29) is 12.1 Å². The lowest BCUT2D eigenvalue weighted by Crippen LogP contribution is -2.19. The highest BCUT2D eigenvalue weighted by molar-refractivity contribution is 5.87. The lowest BCUT2D eigenvalue weighted by Gasteiger charge is -2.19. The minimum absolute atomic E-state index is 0.0470. The molecule has 2 rings (SSSR count). The molecule has 0 bridgehead atoms. The van der Waals surface area contributed by atoms with Gasteiger partial charge >= 0.3 is 5.97 Å². The van der Waals surface area contributed by atoms with E-state index < -0.39 is 0 Å². The smallest absolute Gasteiger partial charge is 0.333 e. The predicted octanol–water partition coefficient (Wildman–Crippen LogP) is 8.29. The van der Waals surface area contributed by atoms with E-state index in [2.05, 4.69) is 6.08 Å². The van der Waals surface area contributed by atoms with E-state index in [4.69, 9.17) is 4.74 Å². The molecule has 0 spiro atoms. The standard InChI is InChI=1S/C26H46O2/c1-23(22-24-18-14-10-6-2-3-7-11-15-19-24)26(27)28-25-20-16-12-8-4-5-9-13-17-21-25/h22,24-25H,2-21H2,1H3. The molecule has 2 saturated carbocycles. The third-order valence-corrected chi connectivity index (χ3v) is 6.78. The molecule has 0 unspecified atom stereocenters. The number of rotatable bonds is 3. The van der Waals surface area contributed by atoms with Crippen LogP contribution in [0.15, 0.2) is 11.6 Å². The minimum Gasteiger partial charge on any atom is -0.459 e. The quantitative estimate of drug-likeness (QED) is 0.358. The SMILES string of the molecule is CC(=CC1CCCCCCCCCC1)C(=O)OC1CCCCCCCCCC1. The van der Waals surface area contributed by atoms with Crippen molar-refractivity contribution in [2.24, 2.45) is 5.92 Å². The second-order valence-corrected chi connectivity index (χ2v) is 9.45. The van der Waals surface area contributed by atoms with E-state index >= 15 is 0 Å². The molecule has 0 heterocycles. The Kier molecular flexibility index (Phi) is 12.7. The topological polar surface area (TPSA) is 26.3 Å². The summed E-state index contributed by atoms with van der Waals surface area (Å²) < 4.78 is 5.98. The molecule has 0 aromatic heterocycles. The van der Waals surface area contributed by atoms with Gasteiger partial charge in [-0.15, -0.1) is 0 Å². The van der Waals surface area contributed by atoms with Crippen LogP contribution in [0.1, 0.15) is 135 Å². The van der Waals surface area contributed by atoms with Gasteiger partial charge in [0.25, 0.3) is 0 Å². The summed E-state index contributed by atoms with van der Waals surface area (Å²) in [5.74, 6) is 0.521. The normalized spacial score (nSPS) is 24.0. The van der Waals surface area contributed by atoms with E-state index in [1.54, 1.807) is 0 Å². The molecule has 0 saturated heterocycles. The molecule has 162 valence electrons. The molecule has 0 aromatic rings. The molecule has 28 heavy (non-hydrogen) atoms. The van der Waals surface area contributed by atoms with Gasteiger partial charge in [-0.05, 0) is 51.4 Å². The maximum atomic E-state index is 12.7. The largest absolute Gasteiger partial charge is 0.459 e. The zero-order valence-electron chi connectivity index (χ0n) is 18.7. The summed E-state index contributed by atoms with van der Waals surface area (Å²) >= 11 is 0. The number of ether oxygens (including phenoxy) is 1. The van der Waals surface area contributed by atoms with Crippen LogP contribution in [-0.4, -0.2) is 12.1 Å². The third-order valence-electron chi connectivity index (χ3n) is 6.78. The summed E-state index contributed by atoms with van der Waals surface area (Å²) in [5.41, 5.74) is 0.856. The first kappa shape index (κ1) is 23.5. The Morgan fingerprint density at radius 1 is 0.607 bits per heavy atom. The lowest BCUT2D eigenvalue weighted by atomic mass is 9.93. The second kappa shape index (κ2) is 15.1. The van der Waals surface area contributed by atoms with Crippen LogP contribution in [0.5, 0.6) is 0 Å². The summed E-state index contributed by atoms with van der Waals surface area (Å²) in [5, 5.41) is 0. The molecule has 2 fully saturated rings. The van der Waals surface area contributed by atoms with E-state index in [0.29, 0.717) is 5.92 Å². The van der Waals surface area contributed by atoms with Gasteiger partial charge in [-0.2, -0.15) is 0 Å². The fraction of sp³-hybridized carbons (Fsp3) is 0.885. The fourth-order valence-electron chi connectivity index (χ4n) is 4.92. The van der Waals surface area contributed by atoms with Gasteiger partial charge in [0, 0.05) is 5.57 Å². The number of hydrogen-bond acceptors (Lipinski definition) is 2. The zero-order chi connectivity index (χ0) is 19.9. The molecule has 0 aliphatic heterocycles. The highest BCUT2D eigenvalue weighted by atomic mass is 16.5. The average molecular weight is 391 g/mol. The minimum atomic E-state index is -0.0470. The summed E-state index contributed by atoms with van der Waals surface area (Å²) in [6.07, 6.45) is 28.4. The molecule has 0 aromatic carbocycles. The summed E-state index contributed by atoms with van der Waals surface area (Å²) in [4.78, 5) is 12.7. The van der Waals surface area contributed by atoms with Crippen LogP contribution < -0.4 is 0 Å². The first-order valence-corrected chi connectivity index (χ1v) is 12.6. The second-order valence-electron chi connectivity index (χ2n) is 9.45. The molecule has 0 N–H and O–H groups in total. The van der Waals surface area contributed by atoms with E-state index in [0.717, 1.165) is 18.4 Å². The number of hydrogen-bond donors (Lipinski definition) is 0. The Hall–Kier alpha value is -0.790. The molecule has 2 heteroatoms. The van der Waals surface area contributed by atoms with Gasteiger partial charge in [-0.25, -0.2) is 4.79 Å². The zero-order valence-corrected chi connectivity index (χ0v) is 18.7. The third kappa shape index (κ3) is 10.7. The van der Waals surface area contributed by atoms with Gasteiger partial charge < -0.3 is 4.74 Å². The van der Waals surface area contributed by atoms with Crippen molar-refractivity contribution in [1.82, 2.24) is 0 Å². The first-order valence-electron chi connectivity index (χ1n) is 12.6. The molecule has 0 radical (unpaired) electrons. The van der Waals surface area contributed by atoms with Gasteiger partial charge in [-0.1, -0.05) is 96.0 Å². The Morgan fingerprint density at radius 2 is 0.964 bits per heavy atom. The summed E-state index contributed by atoms with van der Waals surface area (Å²) in [6, 6.07) is 0. The Morgan fingerprint density at radius 3 is 1.39 bits per heavy atom. The van der Waals surface area contributed by atoms with Crippen LogP contribution in [0.25, 0.3) is 0 Å². The molecule has 0 amide bonds. The fourth-order valence-corrected chi connectivity index (χ4v) is 4.92. The molecule has 2 aliphatic rings. The monoisotopic (exact) mass is 390 g/mol. The number of carbonyl (C=O) groups excluding carboxylic acids is 1. The van der Waals surface area contributed by atoms with Crippen molar-refractivity contribution in [2.75, 3.05) is 0 Å².